The predicted molar refractivity (Wildman–Crippen MR) is 85.7 cm³/mol. The smallest absolute Gasteiger partial charge is 0.254 e. The second kappa shape index (κ2) is 5.77. The molecule has 6 heteroatoms. The minimum atomic E-state index is 0.113. The molecule has 1 amide bonds. The van der Waals surface area contributed by atoms with Gasteiger partial charge in [-0.25, -0.2) is 9.67 Å². The largest absolute Gasteiger partial charge is 0.338 e. The van der Waals surface area contributed by atoms with Gasteiger partial charge in [0.05, 0.1) is 6.54 Å². The summed E-state index contributed by atoms with van der Waals surface area (Å²) >= 11 is 0. The van der Waals surface area contributed by atoms with E-state index in [2.05, 4.69) is 10.1 Å². The zero-order valence-electron chi connectivity index (χ0n) is 13.0. The molecule has 23 heavy (non-hydrogen) atoms. The average molecular weight is 311 g/mol. The van der Waals surface area contributed by atoms with Crippen molar-refractivity contribution in [1.29, 1.82) is 0 Å². The number of benzene rings is 1. The average Bonchev–Trinajstić information content (AvgIpc) is 3.27. The molecule has 1 aliphatic carbocycles. The number of nitrogens with two attached hydrogens (primary N) is 1. The Bertz CT molecular complexity index is 699. The van der Waals surface area contributed by atoms with Gasteiger partial charge in [0.15, 0.2) is 0 Å². The molecule has 1 saturated carbocycles. The second-order valence-electron chi connectivity index (χ2n) is 6.63. The van der Waals surface area contributed by atoms with Crippen LogP contribution < -0.4 is 5.73 Å². The first-order valence-electron chi connectivity index (χ1n) is 8.17. The molecule has 0 bridgehead atoms. The summed E-state index contributed by atoms with van der Waals surface area (Å²) in [5.74, 6) is 1.17. The summed E-state index contributed by atoms with van der Waals surface area (Å²) in [7, 11) is 0. The Labute approximate surface area is 135 Å². The van der Waals surface area contributed by atoms with Crippen LogP contribution in [0, 0.1) is 11.8 Å². The standard InChI is InChI=1S/C17H21N5O/c18-16-6-5-13-7-21(9-15(13)16)17(23)14-4-2-1-3-12(14)8-22-11-19-10-20-22/h1-4,10-11,13,15-16H,5-9,18H2. The second-order valence-corrected chi connectivity index (χ2v) is 6.63. The van der Waals surface area contributed by atoms with Crippen molar-refractivity contribution in [3.8, 4) is 0 Å². The normalized spacial score (nSPS) is 26.5. The summed E-state index contributed by atoms with van der Waals surface area (Å²) in [5.41, 5.74) is 7.92. The van der Waals surface area contributed by atoms with Crippen LogP contribution in [0.15, 0.2) is 36.9 Å². The number of rotatable bonds is 3. The van der Waals surface area contributed by atoms with Crippen LogP contribution in [0.2, 0.25) is 0 Å². The molecule has 3 unspecified atom stereocenters. The maximum Gasteiger partial charge on any atom is 0.254 e. The van der Waals surface area contributed by atoms with Gasteiger partial charge in [-0.15, -0.1) is 0 Å². The Morgan fingerprint density at radius 1 is 1.26 bits per heavy atom. The predicted octanol–water partition coefficient (Wildman–Crippen LogP) is 1.14. The molecule has 1 aromatic carbocycles. The molecule has 1 saturated heterocycles. The van der Waals surface area contributed by atoms with E-state index >= 15 is 0 Å². The third kappa shape index (κ3) is 2.63. The highest BCUT2D eigenvalue weighted by Crippen LogP contribution is 2.37. The van der Waals surface area contributed by atoms with E-state index in [1.54, 1.807) is 11.0 Å². The molecule has 2 heterocycles. The lowest BCUT2D eigenvalue weighted by Crippen LogP contribution is -2.34. The number of carbonyl (C=O) groups is 1. The summed E-state index contributed by atoms with van der Waals surface area (Å²) < 4.78 is 1.74. The van der Waals surface area contributed by atoms with Crippen LogP contribution in [0.3, 0.4) is 0 Å². The van der Waals surface area contributed by atoms with E-state index in [9.17, 15) is 4.79 Å². The highest BCUT2D eigenvalue weighted by Gasteiger charge is 2.42. The van der Waals surface area contributed by atoms with Crippen LogP contribution in [0.4, 0.5) is 0 Å². The molecule has 2 fully saturated rings. The molecule has 3 atom stereocenters. The van der Waals surface area contributed by atoms with Crippen molar-refractivity contribution in [3.05, 3.63) is 48.0 Å². The summed E-state index contributed by atoms with van der Waals surface area (Å²) in [6.07, 6.45) is 5.42. The minimum absolute atomic E-state index is 0.113. The first-order valence-corrected chi connectivity index (χ1v) is 8.17. The van der Waals surface area contributed by atoms with Gasteiger partial charge in [0, 0.05) is 24.7 Å². The fraction of sp³-hybridized carbons (Fsp3) is 0.471. The van der Waals surface area contributed by atoms with Crippen LogP contribution in [-0.4, -0.2) is 44.7 Å². The summed E-state index contributed by atoms with van der Waals surface area (Å²) in [6.45, 7) is 2.19. The van der Waals surface area contributed by atoms with Crippen LogP contribution in [-0.2, 0) is 6.54 Å². The lowest BCUT2D eigenvalue weighted by Gasteiger charge is -2.20. The molecule has 0 spiro atoms. The Morgan fingerprint density at radius 2 is 2.13 bits per heavy atom. The number of fused-ring (bicyclic) bond motifs is 1. The first kappa shape index (κ1) is 14.4. The summed E-state index contributed by atoms with van der Waals surface area (Å²) in [4.78, 5) is 18.9. The van der Waals surface area contributed by atoms with Gasteiger partial charge in [-0.2, -0.15) is 5.10 Å². The molecule has 1 aromatic heterocycles. The van der Waals surface area contributed by atoms with Crippen LogP contribution >= 0.6 is 0 Å². The summed E-state index contributed by atoms with van der Waals surface area (Å²) in [5, 5.41) is 4.13. The van der Waals surface area contributed by atoms with Gasteiger partial charge in [0.25, 0.3) is 5.91 Å². The molecule has 4 rings (SSSR count). The maximum atomic E-state index is 13.0. The van der Waals surface area contributed by atoms with Gasteiger partial charge in [-0.05, 0) is 36.3 Å². The molecule has 2 aromatic rings. The number of nitrogens with zero attached hydrogens (tertiary/aromatic N) is 4. The van der Waals surface area contributed by atoms with E-state index in [1.807, 2.05) is 29.2 Å². The fourth-order valence-corrected chi connectivity index (χ4v) is 4.00. The number of amides is 1. The number of aromatic nitrogens is 3. The van der Waals surface area contributed by atoms with E-state index in [-0.39, 0.29) is 11.9 Å². The summed E-state index contributed by atoms with van der Waals surface area (Å²) in [6, 6.07) is 8.02. The van der Waals surface area contributed by atoms with Crippen molar-refractivity contribution in [2.45, 2.75) is 25.4 Å². The Kier molecular flexibility index (Phi) is 3.61. The quantitative estimate of drug-likeness (QED) is 0.922. The maximum absolute atomic E-state index is 13.0. The van der Waals surface area contributed by atoms with E-state index < -0.39 is 0 Å². The molecule has 6 nitrogen and oxygen atoms in total. The highest BCUT2D eigenvalue weighted by molar-refractivity contribution is 5.96. The molecule has 0 radical (unpaired) electrons. The van der Waals surface area contributed by atoms with Crippen LogP contribution in [0.25, 0.3) is 0 Å². The fourth-order valence-electron chi connectivity index (χ4n) is 4.00. The van der Waals surface area contributed by atoms with Crippen molar-refractivity contribution in [2.75, 3.05) is 13.1 Å². The molecular formula is C17H21N5O. The zero-order valence-corrected chi connectivity index (χ0v) is 13.0. The number of likely N-dealkylation sites (tertiary alicyclic amines) is 1. The SMILES string of the molecule is NC1CCC2CN(C(=O)c3ccccc3Cn3cncn3)CC12. The molecule has 2 aliphatic rings. The van der Waals surface area contributed by atoms with Crippen LogP contribution in [0.1, 0.15) is 28.8 Å². The Morgan fingerprint density at radius 3 is 2.91 bits per heavy atom. The number of carbonyl (C=O) groups excluding carboxylic acids is 1. The van der Waals surface area contributed by atoms with Crippen molar-refractivity contribution < 1.29 is 4.79 Å². The van der Waals surface area contributed by atoms with Gasteiger partial charge in [0.2, 0.25) is 0 Å². The minimum Gasteiger partial charge on any atom is -0.338 e. The number of hydrogen-bond donors (Lipinski definition) is 1. The Hall–Kier alpha value is -2.21. The van der Waals surface area contributed by atoms with E-state index in [0.29, 0.717) is 18.4 Å². The van der Waals surface area contributed by atoms with E-state index in [0.717, 1.165) is 37.1 Å². The highest BCUT2D eigenvalue weighted by atomic mass is 16.2. The van der Waals surface area contributed by atoms with Crippen molar-refractivity contribution in [1.82, 2.24) is 19.7 Å². The molecular weight excluding hydrogens is 290 g/mol. The van der Waals surface area contributed by atoms with Gasteiger partial charge < -0.3 is 10.6 Å². The first-order chi connectivity index (χ1) is 11.2. The van der Waals surface area contributed by atoms with Crippen molar-refractivity contribution >= 4 is 5.91 Å². The zero-order chi connectivity index (χ0) is 15.8. The third-order valence-electron chi connectivity index (χ3n) is 5.25. The Balaban J connectivity index is 1.55. The molecule has 2 N–H and O–H groups in total. The monoisotopic (exact) mass is 311 g/mol. The van der Waals surface area contributed by atoms with E-state index in [4.69, 9.17) is 5.73 Å². The van der Waals surface area contributed by atoms with Gasteiger partial charge in [-0.1, -0.05) is 18.2 Å². The van der Waals surface area contributed by atoms with Gasteiger partial charge in [-0.3, -0.25) is 4.79 Å². The van der Waals surface area contributed by atoms with Crippen molar-refractivity contribution in [2.24, 2.45) is 17.6 Å². The number of hydrogen-bond acceptors (Lipinski definition) is 4. The van der Waals surface area contributed by atoms with E-state index in [1.165, 1.54) is 6.33 Å². The molecule has 1 aliphatic heterocycles. The lowest BCUT2D eigenvalue weighted by molar-refractivity contribution is 0.0778. The van der Waals surface area contributed by atoms with Gasteiger partial charge in [0.1, 0.15) is 12.7 Å². The van der Waals surface area contributed by atoms with Gasteiger partial charge >= 0.3 is 0 Å². The van der Waals surface area contributed by atoms with Crippen LogP contribution in [0.5, 0.6) is 0 Å². The third-order valence-corrected chi connectivity index (χ3v) is 5.25. The molecule has 120 valence electrons. The topological polar surface area (TPSA) is 77.0 Å². The van der Waals surface area contributed by atoms with Crippen molar-refractivity contribution in [3.63, 3.8) is 0 Å². The lowest BCUT2D eigenvalue weighted by atomic mass is 9.98.